The highest BCUT2D eigenvalue weighted by atomic mass is 16.5. The Morgan fingerprint density at radius 1 is 1.11 bits per heavy atom. The third kappa shape index (κ3) is 4.96. The standard InChI is InChI=1S/C29H30N6O/c1-20-25-9-10-33-27(25)7-6-26(20)34-29-23(17-32-18-24(29)16-30)5-4-22-15-21(3-8-28(22)36-2)19-35-13-11-31-12-14-35/h3-10,15,17-18,31,33H,11-14,19H2,1-2H3,(H,32,34)/b5-4+. The quantitative estimate of drug-likeness (QED) is 0.344. The number of piperazine rings is 1. The number of pyridine rings is 1. The zero-order valence-corrected chi connectivity index (χ0v) is 20.6. The maximum Gasteiger partial charge on any atom is 0.126 e. The molecule has 0 bridgehead atoms. The molecule has 0 radical (unpaired) electrons. The number of aryl methyl sites for hydroxylation is 1. The second-order valence-electron chi connectivity index (χ2n) is 9.00. The van der Waals surface area contributed by atoms with Gasteiger partial charge in [0, 0.05) is 79.0 Å². The number of methoxy groups -OCH3 is 1. The van der Waals surface area contributed by atoms with Crippen LogP contribution in [0.5, 0.6) is 5.75 Å². The number of rotatable bonds is 7. The van der Waals surface area contributed by atoms with Crippen LogP contribution >= 0.6 is 0 Å². The van der Waals surface area contributed by atoms with E-state index in [1.54, 1.807) is 19.5 Å². The first-order chi connectivity index (χ1) is 17.7. The predicted octanol–water partition coefficient (Wildman–Crippen LogP) is 5.07. The van der Waals surface area contributed by atoms with E-state index in [0.717, 1.165) is 77.4 Å². The fourth-order valence-corrected chi connectivity index (χ4v) is 4.70. The molecule has 3 heterocycles. The fourth-order valence-electron chi connectivity index (χ4n) is 4.70. The van der Waals surface area contributed by atoms with E-state index in [0.29, 0.717) is 5.56 Å². The molecule has 1 fully saturated rings. The number of fused-ring (bicyclic) bond motifs is 1. The van der Waals surface area contributed by atoms with E-state index in [1.165, 1.54) is 5.56 Å². The number of nitriles is 1. The van der Waals surface area contributed by atoms with Crippen LogP contribution in [0.3, 0.4) is 0 Å². The van der Waals surface area contributed by atoms with E-state index in [2.05, 4.69) is 56.7 Å². The van der Waals surface area contributed by atoms with Crippen LogP contribution in [-0.4, -0.2) is 48.2 Å². The highest BCUT2D eigenvalue weighted by Crippen LogP contribution is 2.32. The van der Waals surface area contributed by atoms with Gasteiger partial charge in [0.15, 0.2) is 0 Å². The molecule has 36 heavy (non-hydrogen) atoms. The third-order valence-electron chi connectivity index (χ3n) is 6.71. The van der Waals surface area contributed by atoms with Crippen molar-refractivity contribution in [3.05, 3.63) is 82.8 Å². The number of aromatic nitrogens is 2. The van der Waals surface area contributed by atoms with Gasteiger partial charge in [0.2, 0.25) is 0 Å². The molecular formula is C29H30N6O. The normalized spacial score (nSPS) is 14.2. The highest BCUT2D eigenvalue weighted by molar-refractivity contribution is 5.90. The van der Waals surface area contributed by atoms with Crippen LogP contribution in [-0.2, 0) is 6.54 Å². The molecule has 0 atom stereocenters. The highest BCUT2D eigenvalue weighted by Gasteiger charge is 2.13. The Morgan fingerprint density at radius 3 is 2.75 bits per heavy atom. The number of hydrogen-bond acceptors (Lipinski definition) is 6. The first-order valence-corrected chi connectivity index (χ1v) is 12.2. The topological polar surface area (TPSA) is 89.0 Å². The fraction of sp³-hybridized carbons (Fsp3) is 0.241. The van der Waals surface area contributed by atoms with Crippen molar-refractivity contribution in [2.45, 2.75) is 13.5 Å². The molecule has 0 aliphatic carbocycles. The minimum atomic E-state index is 0.491. The summed E-state index contributed by atoms with van der Waals surface area (Å²) < 4.78 is 5.64. The summed E-state index contributed by atoms with van der Waals surface area (Å²) in [6, 6.07) is 14.8. The number of nitrogens with one attached hydrogen (secondary N) is 3. The molecule has 4 aromatic rings. The van der Waals surface area contributed by atoms with Crippen LogP contribution in [0.4, 0.5) is 11.4 Å². The molecule has 1 saturated heterocycles. The average molecular weight is 479 g/mol. The summed E-state index contributed by atoms with van der Waals surface area (Å²) in [4.78, 5) is 10.0. The molecule has 1 aliphatic heterocycles. The van der Waals surface area contributed by atoms with Gasteiger partial charge in [-0.05, 0) is 48.4 Å². The van der Waals surface area contributed by atoms with Crippen LogP contribution in [0.25, 0.3) is 23.1 Å². The van der Waals surface area contributed by atoms with Crippen molar-refractivity contribution in [3.8, 4) is 11.8 Å². The SMILES string of the molecule is COc1ccc(CN2CCNCC2)cc1/C=C/c1cncc(C#N)c1Nc1ccc2[nH]ccc2c1C. The lowest BCUT2D eigenvalue weighted by molar-refractivity contribution is 0.233. The van der Waals surface area contributed by atoms with Crippen molar-refractivity contribution in [2.75, 3.05) is 38.6 Å². The molecule has 3 N–H and O–H groups in total. The van der Waals surface area contributed by atoms with E-state index in [4.69, 9.17) is 4.74 Å². The van der Waals surface area contributed by atoms with E-state index in [-0.39, 0.29) is 0 Å². The predicted molar refractivity (Wildman–Crippen MR) is 145 cm³/mol. The molecule has 2 aromatic carbocycles. The summed E-state index contributed by atoms with van der Waals surface area (Å²) in [5.74, 6) is 0.808. The van der Waals surface area contributed by atoms with Gasteiger partial charge >= 0.3 is 0 Å². The summed E-state index contributed by atoms with van der Waals surface area (Å²) in [7, 11) is 1.69. The molecule has 7 nitrogen and oxygen atoms in total. The van der Waals surface area contributed by atoms with Gasteiger partial charge in [0.25, 0.3) is 0 Å². The van der Waals surface area contributed by atoms with Crippen LogP contribution in [0.2, 0.25) is 0 Å². The van der Waals surface area contributed by atoms with Crippen LogP contribution in [0.15, 0.2) is 55.0 Å². The summed E-state index contributed by atoms with van der Waals surface area (Å²) in [5, 5.41) is 17.9. The summed E-state index contributed by atoms with van der Waals surface area (Å²) in [6.45, 7) is 7.14. The molecule has 0 spiro atoms. The molecule has 0 amide bonds. The van der Waals surface area contributed by atoms with Crippen LogP contribution in [0.1, 0.15) is 27.8 Å². The second-order valence-corrected chi connectivity index (χ2v) is 9.00. The average Bonchev–Trinajstić information content (AvgIpc) is 3.40. The molecule has 182 valence electrons. The van der Waals surface area contributed by atoms with Crippen molar-refractivity contribution in [2.24, 2.45) is 0 Å². The zero-order valence-electron chi connectivity index (χ0n) is 20.6. The first kappa shape index (κ1) is 23.6. The molecular weight excluding hydrogens is 448 g/mol. The molecule has 0 saturated carbocycles. The number of aromatic amines is 1. The molecule has 7 heteroatoms. The Labute approximate surface area is 211 Å². The van der Waals surface area contributed by atoms with E-state index in [9.17, 15) is 5.26 Å². The molecule has 1 aliphatic rings. The zero-order chi connectivity index (χ0) is 24.9. The second kappa shape index (κ2) is 10.6. The minimum absolute atomic E-state index is 0.491. The lowest BCUT2D eigenvalue weighted by Gasteiger charge is -2.27. The maximum absolute atomic E-state index is 9.80. The lowest BCUT2D eigenvalue weighted by Crippen LogP contribution is -2.42. The van der Waals surface area contributed by atoms with Crippen LogP contribution in [0, 0.1) is 18.3 Å². The Balaban J connectivity index is 1.46. The Kier molecular flexibility index (Phi) is 6.99. The van der Waals surface area contributed by atoms with Gasteiger partial charge < -0.3 is 20.4 Å². The summed E-state index contributed by atoms with van der Waals surface area (Å²) in [5.41, 5.74) is 7.45. The van der Waals surface area contributed by atoms with Gasteiger partial charge in [-0.1, -0.05) is 18.2 Å². The van der Waals surface area contributed by atoms with E-state index >= 15 is 0 Å². The number of hydrogen-bond donors (Lipinski definition) is 3. The van der Waals surface area contributed by atoms with Gasteiger partial charge in [-0.25, -0.2) is 0 Å². The Morgan fingerprint density at radius 2 is 1.94 bits per heavy atom. The summed E-state index contributed by atoms with van der Waals surface area (Å²) in [6.07, 6.45) is 9.34. The van der Waals surface area contributed by atoms with Gasteiger partial charge in [-0.3, -0.25) is 9.88 Å². The van der Waals surface area contributed by atoms with Crippen LogP contribution < -0.4 is 15.4 Å². The van der Waals surface area contributed by atoms with E-state index in [1.807, 2.05) is 36.5 Å². The molecule has 0 unspecified atom stereocenters. The van der Waals surface area contributed by atoms with E-state index < -0.39 is 0 Å². The number of benzene rings is 2. The largest absolute Gasteiger partial charge is 0.496 e. The van der Waals surface area contributed by atoms with Crippen molar-refractivity contribution in [1.82, 2.24) is 20.2 Å². The van der Waals surface area contributed by atoms with Gasteiger partial charge in [0.1, 0.15) is 11.8 Å². The number of nitrogens with zero attached hydrogens (tertiary/aromatic N) is 3. The van der Waals surface area contributed by atoms with Gasteiger partial charge in [-0.15, -0.1) is 0 Å². The number of anilines is 2. The lowest BCUT2D eigenvalue weighted by atomic mass is 10.0. The van der Waals surface area contributed by atoms with Gasteiger partial charge in [0.05, 0.1) is 18.4 Å². The van der Waals surface area contributed by atoms with Crippen molar-refractivity contribution in [3.63, 3.8) is 0 Å². The maximum atomic E-state index is 9.80. The monoisotopic (exact) mass is 478 g/mol. The summed E-state index contributed by atoms with van der Waals surface area (Å²) >= 11 is 0. The molecule has 5 rings (SSSR count). The minimum Gasteiger partial charge on any atom is -0.496 e. The Bertz CT molecular complexity index is 1440. The Hall–Kier alpha value is -4.12. The number of ether oxygens (including phenoxy) is 1. The van der Waals surface area contributed by atoms with Crippen molar-refractivity contribution in [1.29, 1.82) is 5.26 Å². The molecule has 2 aromatic heterocycles. The smallest absolute Gasteiger partial charge is 0.126 e. The number of H-pyrrole nitrogens is 1. The van der Waals surface area contributed by atoms with Crippen molar-refractivity contribution >= 4 is 34.4 Å². The first-order valence-electron chi connectivity index (χ1n) is 12.2. The van der Waals surface area contributed by atoms with Crippen molar-refractivity contribution < 1.29 is 4.74 Å². The van der Waals surface area contributed by atoms with Gasteiger partial charge in [-0.2, -0.15) is 5.26 Å². The third-order valence-corrected chi connectivity index (χ3v) is 6.71.